The SMILES string of the molecule is CCCC1CN(CC2COCCO2)C(CC)CN1. The molecule has 0 radical (unpaired) electrons. The van der Waals surface area contributed by atoms with Gasteiger partial charge in [-0.25, -0.2) is 0 Å². The lowest BCUT2D eigenvalue weighted by atomic mass is 10.0. The van der Waals surface area contributed by atoms with E-state index in [2.05, 4.69) is 24.1 Å². The number of ether oxygens (including phenoxy) is 2. The first kappa shape index (κ1) is 14.3. The summed E-state index contributed by atoms with van der Waals surface area (Å²) in [5, 5.41) is 3.67. The van der Waals surface area contributed by atoms with E-state index < -0.39 is 0 Å². The van der Waals surface area contributed by atoms with Crippen LogP contribution in [0, 0.1) is 0 Å². The molecule has 0 saturated carbocycles. The first-order valence-corrected chi connectivity index (χ1v) is 7.50. The van der Waals surface area contributed by atoms with Crippen molar-refractivity contribution < 1.29 is 9.47 Å². The van der Waals surface area contributed by atoms with Crippen molar-refractivity contribution in [3.05, 3.63) is 0 Å². The van der Waals surface area contributed by atoms with Gasteiger partial charge >= 0.3 is 0 Å². The van der Waals surface area contributed by atoms with E-state index in [0.29, 0.717) is 12.1 Å². The molecule has 2 aliphatic heterocycles. The fourth-order valence-corrected chi connectivity index (χ4v) is 3.00. The molecular weight excluding hydrogens is 228 g/mol. The largest absolute Gasteiger partial charge is 0.376 e. The third-order valence-corrected chi connectivity index (χ3v) is 4.04. The van der Waals surface area contributed by atoms with Crippen molar-refractivity contribution in [3.8, 4) is 0 Å². The van der Waals surface area contributed by atoms with Crippen LogP contribution in [0.3, 0.4) is 0 Å². The Labute approximate surface area is 111 Å². The van der Waals surface area contributed by atoms with Crippen molar-refractivity contribution in [3.63, 3.8) is 0 Å². The summed E-state index contributed by atoms with van der Waals surface area (Å²) >= 11 is 0. The molecule has 3 unspecified atom stereocenters. The van der Waals surface area contributed by atoms with Gasteiger partial charge in [-0.2, -0.15) is 0 Å². The molecule has 0 spiro atoms. The third-order valence-electron chi connectivity index (χ3n) is 4.04. The summed E-state index contributed by atoms with van der Waals surface area (Å²) in [6, 6.07) is 1.31. The van der Waals surface area contributed by atoms with Crippen molar-refractivity contribution in [2.75, 3.05) is 39.5 Å². The summed E-state index contributed by atoms with van der Waals surface area (Å²) in [5.74, 6) is 0. The molecule has 3 atom stereocenters. The van der Waals surface area contributed by atoms with Gasteiger partial charge in [0.25, 0.3) is 0 Å². The first-order chi connectivity index (χ1) is 8.83. The lowest BCUT2D eigenvalue weighted by Gasteiger charge is -2.42. The maximum absolute atomic E-state index is 5.78. The standard InChI is InChI=1S/C14H28N2O2/c1-3-5-12-9-16(13(4-2)8-15-12)10-14-11-17-6-7-18-14/h12-15H,3-11H2,1-2H3. The Bertz CT molecular complexity index is 232. The van der Waals surface area contributed by atoms with Crippen LogP contribution < -0.4 is 5.32 Å². The van der Waals surface area contributed by atoms with Crippen LogP contribution in [0.2, 0.25) is 0 Å². The minimum atomic E-state index is 0.271. The molecule has 0 aliphatic carbocycles. The van der Waals surface area contributed by atoms with E-state index in [1.54, 1.807) is 0 Å². The highest BCUT2D eigenvalue weighted by Crippen LogP contribution is 2.15. The van der Waals surface area contributed by atoms with Crippen LogP contribution >= 0.6 is 0 Å². The Balaban J connectivity index is 1.84. The summed E-state index contributed by atoms with van der Waals surface area (Å²) in [7, 11) is 0. The van der Waals surface area contributed by atoms with Gasteiger partial charge in [-0.3, -0.25) is 4.90 Å². The molecule has 1 N–H and O–H groups in total. The van der Waals surface area contributed by atoms with Crippen LogP contribution in [0.15, 0.2) is 0 Å². The number of hydrogen-bond donors (Lipinski definition) is 1. The summed E-state index contributed by atoms with van der Waals surface area (Å²) < 4.78 is 11.3. The molecule has 4 nitrogen and oxygen atoms in total. The second kappa shape index (κ2) is 7.43. The molecule has 2 aliphatic rings. The molecule has 106 valence electrons. The Morgan fingerprint density at radius 2 is 2.17 bits per heavy atom. The molecule has 0 aromatic rings. The van der Waals surface area contributed by atoms with Gasteiger partial charge in [0, 0.05) is 31.7 Å². The molecular formula is C14H28N2O2. The molecule has 2 heterocycles. The summed E-state index contributed by atoms with van der Waals surface area (Å²) in [4.78, 5) is 2.61. The van der Waals surface area contributed by atoms with E-state index in [-0.39, 0.29) is 6.10 Å². The topological polar surface area (TPSA) is 33.7 Å². The highest BCUT2D eigenvalue weighted by Gasteiger charge is 2.29. The second-order valence-corrected chi connectivity index (χ2v) is 5.48. The van der Waals surface area contributed by atoms with Crippen LogP contribution in [-0.2, 0) is 9.47 Å². The maximum Gasteiger partial charge on any atom is 0.0936 e. The molecule has 2 saturated heterocycles. The molecule has 0 aromatic carbocycles. The fraction of sp³-hybridized carbons (Fsp3) is 1.00. The minimum absolute atomic E-state index is 0.271. The molecule has 0 aromatic heterocycles. The van der Waals surface area contributed by atoms with E-state index in [1.807, 2.05) is 0 Å². The average Bonchev–Trinajstić information content (AvgIpc) is 2.41. The first-order valence-electron chi connectivity index (χ1n) is 7.50. The predicted octanol–water partition coefficient (Wildman–Crippen LogP) is 1.25. The van der Waals surface area contributed by atoms with Crippen LogP contribution in [0.4, 0.5) is 0 Å². The average molecular weight is 256 g/mol. The van der Waals surface area contributed by atoms with Gasteiger partial charge in [-0.15, -0.1) is 0 Å². The minimum Gasteiger partial charge on any atom is -0.376 e. The van der Waals surface area contributed by atoms with Crippen LogP contribution in [0.25, 0.3) is 0 Å². The van der Waals surface area contributed by atoms with Gasteiger partial charge in [0.05, 0.1) is 25.9 Å². The number of nitrogens with one attached hydrogen (secondary N) is 1. The van der Waals surface area contributed by atoms with E-state index in [9.17, 15) is 0 Å². The highest BCUT2D eigenvalue weighted by atomic mass is 16.6. The Morgan fingerprint density at radius 1 is 1.28 bits per heavy atom. The Hall–Kier alpha value is -0.160. The summed E-state index contributed by atoms with van der Waals surface area (Å²) in [6.07, 6.45) is 4.01. The maximum atomic E-state index is 5.78. The molecule has 2 rings (SSSR count). The predicted molar refractivity (Wildman–Crippen MR) is 72.9 cm³/mol. The number of hydrogen-bond acceptors (Lipinski definition) is 4. The van der Waals surface area contributed by atoms with Gasteiger partial charge in [-0.05, 0) is 12.8 Å². The van der Waals surface area contributed by atoms with Gasteiger partial charge in [0.2, 0.25) is 0 Å². The van der Waals surface area contributed by atoms with E-state index >= 15 is 0 Å². The van der Waals surface area contributed by atoms with E-state index in [1.165, 1.54) is 19.3 Å². The van der Waals surface area contributed by atoms with Gasteiger partial charge < -0.3 is 14.8 Å². The molecule has 2 fully saturated rings. The van der Waals surface area contributed by atoms with E-state index in [0.717, 1.165) is 39.5 Å². The van der Waals surface area contributed by atoms with Crippen molar-refractivity contribution in [1.29, 1.82) is 0 Å². The van der Waals surface area contributed by atoms with Crippen LogP contribution in [-0.4, -0.2) is 62.5 Å². The molecule has 18 heavy (non-hydrogen) atoms. The quantitative estimate of drug-likeness (QED) is 0.803. The lowest BCUT2D eigenvalue weighted by Crippen LogP contribution is -2.58. The van der Waals surface area contributed by atoms with Gasteiger partial charge in [-0.1, -0.05) is 20.3 Å². The van der Waals surface area contributed by atoms with Crippen molar-refractivity contribution in [1.82, 2.24) is 10.2 Å². The Kier molecular flexibility index (Phi) is 5.89. The van der Waals surface area contributed by atoms with Crippen molar-refractivity contribution >= 4 is 0 Å². The van der Waals surface area contributed by atoms with E-state index in [4.69, 9.17) is 9.47 Å². The highest BCUT2D eigenvalue weighted by molar-refractivity contribution is 4.86. The Morgan fingerprint density at radius 3 is 2.83 bits per heavy atom. The number of nitrogens with zero attached hydrogens (tertiary/aromatic N) is 1. The smallest absolute Gasteiger partial charge is 0.0936 e. The zero-order valence-electron chi connectivity index (χ0n) is 11.9. The zero-order valence-corrected chi connectivity index (χ0v) is 11.9. The van der Waals surface area contributed by atoms with Crippen LogP contribution in [0.1, 0.15) is 33.1 Å². The molecule has 0 amide bonds. The number of piperazine rings is 1. The summed E-state index contributed by atoms with van der Waals surface area (Å²) in [6.45, 7) is 10.1. The molecule has 4 heteroatoms. The normalized spacial score (nSPS) is 34.7. The van der Waals surface area contributed by atoms with Crippen molar-refractivity contribution in [2.45, 2.75) is 51.3 Å². The third kappa shape index (κ3) is 3.92. The second-order valence-electron chi connectivity index (χ2n) is 5.48. The fourth-order valence-electron chi connectivity index (χ4n) is 3.00. The van der Waals surface area contributed by atoms with Gasteiger partial charge in [0.1, 0.15) is 0 Å². The monoisotopic (exact) mass is 256 g/mol. The molecule has 0 bridgehead atoms. The van der Waals surface area contributed by atoms with Crippen molar-refractivity contribution in [2.24, 2.45) is 0 Å². The summed E-state index contributed by atoms with van der Waals surface area (Å²) in [5.41, 5.74) is 0. The lowest BCUT2D eigenvalue weighted by molar-refractivity contribution is -0.103. The zero-order chi connectivity index (χ0) is 12.8. The number of rotatable bonds is 5. The van der Waals surface area contributed by atoms with Crippen LogP contribution in [0.5, 0.6) is 0 Å². The van der Waals surface area contributed by atoms with Gasteiger partial charge in [0.15, 0.2) is 0 Å².